The Morgan fingerprint density at radius 2 is 2.27 bits per heavy atom. The molecule has 0 atom stereocenters. The van der Waals surface area contributed by atoms with Crippen LogP contribution in [0, 0.1) is 6.92 Å². The van der Waals surface area contributed by atoms with Crippen molar-refractivity contribution in [1.29, 1.82) is 0 Å². The van der Waals surface area contributed by atoms with E-state index in [1.165, 1.54) is 23.1 Å². The summed E-state index contributed by atoms with van der Waals surface area (Å²) in [4.78, 5) is 11.7. The van der Waals surface area contributed by atoms with Gasteiger partial charge in [0.25, 0.3) is 5.22 Å². The fourth-order valence-electron chi connectivity index (χ4n) is 1.91. The molecule has 8 heteroatoms. The van der Waals surface area contributed by atoms with Gasteiger partial charge in [-0.25, -0.2) is 0 Å². The monoisotopic (exact) mass is 397 g/mol. The molecular weight excluding hydrogens is 386 g/mol. The summed E-state index contributed by atoms with van der Waals surface area (Å²) >= 11 is 6.09. The molecule has 0 spiro atoms. The van der Waals surface area contributed by atoms with E-state index in [1.807, 2.05) is 36.6 Å². The maximum absolute atomic E-state index is 11.6. The highest BCUT2D eigenvalue weighted by molar-refractivity contribution is 9.10. The molecule has 1 aromatic carbocycles. The number of aryl methyl sites for hydroxylation is 1. The van der Waals surface area contributed by atoms with Gasteiger partial charge in [-0.2, -0.15) is 0 Å². The van der Waals surface area contributed by atoms with Gasteiger partial charge in [-0.3, -0.25) is 4.79 Å². The van der Waals surface area contributed by atoms with Gasteiger partial charge in [0.1, 0.15) is 0 Å². The van der Waals surface area contributed by atoms with E-state index in [-0.39, 0.29) is 4.87 Å². The van der Waals surface area contributed by atoms with Gasteiger partial charge in [0, 0.05) is 33.4 Å². The molecule has 0 saturated heterocycles. The van der Waals surface area contributed by atoms with Gasteiger partial charge in [-0.05, 0) is 25.1 Å². The fourth-order valence-corrected chi connectivity index (χ4v) is 3.75. The lowest BCUT2D eigenvalue weighted by molar-refractivity contribution is 0.465. The Kier molecular flexibility index (Phi) is 4.80. The molecule has 22 heavy (non-hydrogen) atoms. The van der Waals surface area contributed by atoms with Crippen molar-refractivity contribution < 1.29 is 4.42 Å². The lowest BCUT2D eigenvalue weighted by Gasteiger charge is -2.01. The van der Waals surface area contributed by atoms with Crippen LogP contribution >= 0.6 is 39.0 Å². The third-order valence-electron chi connectivity index (χ3n) is 2.99. The van der Waals surface area contributed by atoms with Crippen molar-refractivity contribution in [3.63, 3.8) is 0 Å². The van der Waals surface area contributed by atoms with Crippen LogP contribution in [0.25, 0.3) is 11.5 Å². The van der Waals surface area contributed by atoms with Crippen molar-refractivity contribution in [2.45, 2.75) is 18.7 Å². The SMILES string of the molecule is Cc1csc(=O)n1CCSc1nnc(-c2cccc(Br)c2)o1. The van der Waals surface area contributed by atoms with Crippen LogP contribution in [0.3, 0.4) is 0 Å². The van der Waals surface area contributed by atoms with Gasteiger partial charge in [0.2, 0.25) is 5.89 Å². The average molecular weight is 398 g/mol. The van der Waals surface area contributed by atoms with Gasteiger partial charge < -0.3 is 8.98 Å². The van der Waals surface area contributed by atoms with Crippen molar-refractivity contribution >= 4 is 39.0 Å². The summed E-state index contributed by atoms with van der Waals surface area (Å²) in [6.45, 7) is 2.56. The highest BCUT2D eigenvalue weighted by Crippen LogP contribution is 2.25. The average Bonchev–Trinajstić information content (AvgIpc) is 3.09. The van der Waals surface area contributed by atoms with Crippen molar-refractivity contribution in [3.8, 4) is 11.5 Å². The molecule has 3 rings (SSSR count). The Hall–Kier alpha value is -1.38. The predicted molar refractivity (Wildman–Crippen MR) is 91.5 cm³/mol. The quantitative estimate of drug-likeness (QED) is 0.612. The molecule has 0 radical (unpaired) electrons. The molecular formula is C14H12BrN3O2S2. The minimum absolute atomic E-state index is 0.0680. The maximum Gasteiger partial charge on any atom is 0.307 e. The smallest absolute Gasteiger partial charge is 0.307 e. The van der Waals surface area contributed by atoms with E-state index in [4.69, 9.17) is 4.42 Å². The van der Waals surface area contributed by atoms with Gasteiger partial charge in [0.05, 0.1) is 0 Å². The Morgan fingerprint density at radius 1 is 1.41 bits per heavy atom. The third-order valence-corrected chi connectivity index (χ3v) is 5.17. The van der Waals surface area contributed by atoms with Gasteiger partial charge in [-0.1, -0.05) is 45.1 Å². The number of thiazole rings is 1. The molecule has 0 fully saturated rings. The lowest BCUT2D eigenvalue weighted by Crippen LogP contribution is -2.15. The molecule has 0 bridgehead atoms. The molecule has 0 unspecified atom stereocenters. The van der Waals surface area contributed by atoms with E-state index in [1.54, 1.807) is 4.57 Å². The summed E-state index contributed by atoms with van der Waals surface area (Å²) in [7, 11) is 0. The van der Waals surface area contributed by atoms with Crippen LogP contribution in [-0.2, 0) is 6.54 Å². The summed E-state index contributed by atoms with van der Waals surface area (Å²) in [5.74, 6) is 1.20. The Morgan fingerprint density at radius 3 is 3.00 bits per heavy atom. The zero-order chi connectivity index (χ0) is 15.5. The molecule has 3 aromatic rings. The first kappa shape index (κ1) is 15.5. The zero-order valence-electron chi connectivity index (χ0n) is 11.7. The first-order valence-corrected chi connectivity index (χ1v) is 9.16. The number of thioether (sulfide) groups is 1. The predicted octanol–water partition coefficient (Wildman–Crippen LogP) is 3.82. The molecule has 2 heterocycles. The largest absolute Gasteiger partial charge is 0.411 e. The van der Waals surface area contributed by atoms with E-state index in [0.717, 1.165) is 15.7 Å². The van der Waals surface area contributed by atoms with Crippen LogP contribution < -0.4 is 4.87 Å². The molecule has 0 amide bonds. The summed E-state index contributed by atoms with van der Waals surface area (Å²) in [6, 6.07) is 7.70. The highest BCUT2D eigenvalue weighted by Gasteiger charge is 2.10. The number of rotatable bonds is 5. The number of aromatic nitrogens is 3. The molecule has 114 valence electrons. The number of benzene rings is 1. The number of hydrogen-bond acceptors (Lipinski definition) is 6. The third kappa shape index (κ3) is 3.50. The van der Waals surface area contributed by atoms with E-state index >= 15 is 0 Å². The second-order valence-electron chi connectivity index (χ2n) is 4.53. The van der Waals surface area contributed by atoms with Crippen LogP contribution in [0.4, 0.5) is 0 Å². The van der Waals surface area contributed by atoms with Gasteiger partial charge >= 0.3 is 4.87 Å². The van der Waals surface area contributed by atoms with Crippen LogP contribution in [-0.4, -0.2) is 20.5 Å². The highest BCUT2D eigenvalue weighted by atomic mass is 79.9. The molecule has 5 nitrogen and oxygen atoms in total. The topological polar surface area (TPSA) is 60.9 Å². The summed E-state index contributed by atoms with van der Waals surface area (Å²) in [5.41, 5.74) is 1.86. The number of halogens is 1. The van der Waals surface area contributed by atoms with E-state index < -0.39 is 0 Å². The minimum Gasteiger partial charge on any atom is -0.411 e. The van der Waals surface area contributed by atoms with E-state index in [2.05, 4.69) is 26.1 Å². The van der Waals surface area contributed by atoms with Crippen LogP contribution in [0.15, 0.2) is 48.6 Å². The van der Waals surface area contributed by atoms with E-state index in [9.17, 15) is 4.79 Å². The maximum atomic E-state index is 11.6. The Labute approximate surface area is 143 Å². The summed E-state index contributed by atoms with van der Waals surface area (Å²) in [6.07, 6.45) is 0. The van der Waals surface area contributed by atoms with Crippen LogP contribution in [0.5, 0.6) is 0 Å². The molecule has 0 aliphatic rings. The lowest BCUT2D eigenvalue weighted by atomic mass is 10.2. The van der Waals surface area contributed by atoms with Crippen molar-refractivity contribution in [3.05, 3.63) is 49.5 Å². The second kappa shape index (κ2) is 6.80. The molecule has 0 N–H and O–H groups in total. The minimum atomic E-state index is 0.0680. The van der Waals surface area contributed by atoms with Crippen molar-refractivity contribution in [2.75, 3.05) is 5.75 Å². The second-order valence-corrected chi connectivity index (χ2v) is 7.31. The Bertz CT molecular complexity index is 840. The Balaban J connectivity index is 1.64. The van der Waals surface area contributed by atoms with Gasteiger partial charge in [-0.15, -0.1) is 10.2 Å². The zero-order valence-corrected chi connectivity index (χ0v) is 14.9. The molecule has 0 aliphatic carbocycles. The molecule has 0 aliphatic heterocycles. The summed E-state index contributed by atoms with van der Waals surface area (Å²) < 4.78 is 8.36. The van der Waals surface area contributed by atoms with Crippen LogP contribution in [0.2, 0.25) is 0 Å². The van der Waals surface area contributed by atoms with Crippen molar-refractivity contribution in [2.24, 2.45) is 0 Å². The first-order chi connectivity index (χ1) is 10.6. The first-order valence-electron chi connectivity index (χ1n) is 6.50. The fraction of sp³-hybridized carbons (Fsp3) is 0.214. The molecule has 0 saturated carbocycles. The van der Waals surface area contributed by atoms with Gasteiger partial charge in [0.15, 0.2) is 0 Å². The standard InChI is InChI=1S/C14H12BrN3O2S2/c1-9-8-22-14(19)18(9)5-6-21-13-17-16-12(20-13)10-3-2-4-11(15)7-10/h2-4,7-8H,5-6H2,1H3. The number of hydrogen-bond donors (Lipinski definition) is 0. The van der Waals surface area contributed by atoms with Crippen molar-refractivity contribution in [1.82, 2.24) is 14.8 Å². The van der Waals surface area contributed by atoms with Crippen LogP contribution in [0.1, 0.15) is 5.69 Å². The normalized spacial score (nSPS) is 11.0. The summed E-state index contributed by atoms with van der Waals surface area (Å²) in [5, 5.41) is 10.5. The van der Waals surface area contributed by atoms with E-state index in [0.29, 0.717) is 23.4 Å². The number of nitrogens with zero attached hydrogens (tertiary/aromatic N) is 3. The molecule has 2 aromatic heterocycles.